The lowest BCUT2D eigenvalue weighted by Crippen LogP contribution is -2.11. The molecule has 1 heterocycles. The van der Waals surface area contributed by atoms with Crippen LogP contribution in [0.3, 0.4) is 0 Å². The number of nitrogens with one attached hydrogen (secondary N) is 1. The van der Waals surface area contributed by atoms with Gasteiger partial charge < -0.3 is 5.43 Å². The summed E-state index contributed by atoms with van der Waals surface area (Å²) < 4.78 is 0. The number of anilines is 1. The summed E-state index contributed by atoms with van der Waals surface area (Å²) >= 11 is 0. The summed E-state index contributed by atoms with van der Waals surface area (Å²) in [6, 6.07) is 7.88. The first-order valence-corrected chi connectivity index (χ1v) is 6.11. The van der Waals surface area contributed by atoms with Gasteiger partial charge in [-0.1, -0.05) is 13.8 Å². The second kappa shape index (κ2) is 5.62. The monoisotopic (exact) mass is 273 g/mol. The van der Waals surface area contributed by atoms with Crippen LogP contribution in [0.1, 0.15) is 25.5 Å². The largest absolute Gasteiger partial charge is 0.308 e. The van der Waals surface area contributed by atoms with E-state index in [1.807, 2.05) is 13.8 Å². The van der Waals surface area contributed by atoms with Crippen LogP contribution in [0.4, 0.5) is 11.5 Å². The van der Waals surface area contributed by atoms with Crippen LogP contribution in [0, 0.1) is 10.1 Å². The molecule has 0 aliphatic rings. The van der Waals surface area contributed by atoms with Crippen molar-refractivity contribution in [2.75, 3.05) is 5.43 Å². The molecule has 7 nitrogen and oxygen atoms in total. The van der Waals surface area contributed by atoms with Gasteiger partial charge in [-0.15, -0.1) is 0 Å². The first kappa shape index (κ1) is 13.9. The number of nitrogen functional groups attached to an aromatic ring is 1. The van der Waals surface area contributed by atoms with Crippen LogP contribution in [0.5, 0.6) is 0 Å². The summed E-state index contributed by atoms with van der Waals surface area (Å²) in [6.07, 6.45) is 0. The van der Waals surface area contributed by atoms with E-state index in [0.29, 0.717) is 17.2 Å². The number of nitro benzene ring substituents is 1. The standard InChI is InChI=1S/C13H15N5O2/c1-8(2)11-7-12(17-14)16-13(15-11)9-3-5-10(6-4-9)18(19)20/h3-8H,14H2,1-2H3,(H,15,16,17). The molecule has 3 N–H and O–H groups in total. The number of rotatable bonds is 4. The molecule has 0 fully saturated rings. The molecule has 0 saturated heterocycles. The minimum absolute atomic E-state index is 0.0333. The molecule has 20 heavy (non-hydrogen) atoms. The first-order valence-electron chi connectivity index (χ1n) is 6.11. The Morgan fingerprint density at radius 3 is 2.40 bits per heavy atom. The zero-order valence-corrected chi connectivity index (χ0v) is 11.2. The molecule has 0 spiro atoms. The van der Waals surface area contributed by atoms with Crippen LogP contribution in [0.15, 0.2) is 30.3 Å². The van der Waals surface area contributed by atoms with Gasteiger partial charge in [-0.25, -0.2) is 15.8 Å². The lowest BCUT2D eigenvalue weighted by atomic mass is 10.1. The van der Waals surface area contributed by atoms with Crippen molar-refractivity contribution in [2.24, 2.45) is 5.84 Å². The molecule has 0 bridgehead atoms. The molecule has 0 aliphatic heterocycles. The number of hydrogen-bond acceptors (Lipinski definition) is 6. The van der Waals surface area contributed by atoms with E-state index >= 15 is 0 Å². The zero-order chi connectivity index (χ0) is 14.7. The van der Waals surface area contributed by atoms with Gasteiger partial charge in [0.25, 0.3) is 5.69 Å². The van der Waals surface area contributed by atoms with Gasteiger partial charge in [-0.2, -0.15) is 0 Å². The van der Waals surface area contributed by atoms with Gasteiger partial charge in [0.2, 0.25) is 0 Å². The van der Waals surface area contributed by atoms with Crippen LogP contribution in [-0.2, 0) is 0 Å². The van der Waals surface area contributed by atoms with E-state index in [1.165, 1.54) is 12.1 Å². The molecule has 7 heteroatoms. The van der Waals surface area contributed by atoms with E-state index in [1.54, 1.807) is 18.2 Å². The van der Waals surface area contributed by atoms with Crippen molar-refractivity contribution in [2.45, 2.75) is 19.8 Å². The molecular weight excluding hydrogens is 258 g/mol. The fraction of sp³-hybridized carbons (Fsp3) is 0.231. The Labute approximate surface area is 116 Å². The highest BCUT2D eigenvalue weighted by Crippen LogP contribution is 2.23. The molecule has 1 aromatic carbocycles. The highest BCUT2D eigenvalue weighted by Gasteiger charge is 2.11. The van der Waals surface area contributed by atoms with Gasteiger partial charge in [-0.3, -0.25) is 10.1 Å². The molecule has 104 valence electrons. The number of hydrazine groups is 1. The minimum atomic E-state index is -0.442. The maximum atomic E-state index is 10.6. The molecule has 0 saturated carbocycles. The van der Waals surface area contributed by atoms with Gasteiger partial charge >= 0.3 is 0 Å². The summed E-state index contributed by atoms with van der Waals surface area (Å²) in [5.74, 6) is 6.62. The Morgan fingerprint density at radius 1 is 1.25 bits per heavy atom. The normalized spacial score (nSPS) is 10.6. The fourth-order valence-electron chi connectivity index (χ4n) is 1.70. The smallest absolute Gasteiger partial charge is 0.269 e. The summed E-state index contributed by atoms with van der Waals surface area (Å²) in [5.41, 5.74) is 4.09. The van der Waals surface area contributed by atoms with Crippen LogP contribution >= 0.6 is 0 Å². The third kappa shape index (κ3) is 2.89. The highest BCUT2D eigenvalue weighted by atomic mass is 16.6. The predicted octanol–water partition coefficient (Wildman–Crippen LogP) is 2.46. The van der Waals surface area contributed by atoms with Gasteiger partial charge in [-0.05, 0) is 18.1 Å². The van der Waals surface area contributed by atoms with Crippen LogP contribution in [0.2, 0.25) is 0 Å². The molecule has 2 aromatic rings. The predicted molar refractivity (Wildman–Crippen MR) is 76.0 cm³/mol. The first-order chi connectivity index (χ1) is 9.51. The quantitative estimate of drug-likeness (QED) is 0.503. The number of hydrogen-bond donors (Lipinski definition) is 2. The van der Waals surface area contributed by atoms with Crippen molar-refractivity contribution in [1.82, 2.24) is 9.97 Å². The Balaban J connectivity index is 2.45. The topological polar surface area (TPSA) is 107 Å². The molecule has 1 aromatic heterocycles. The molecule has 2 rings (SSSR count). The van der Waals surface area contributed by atoms with Crippen LogP contribution < -0.4 is 11.3 Å². The van der Waals surface area contributed by atoms with Crippen molar-refractivity contribution in [3.63, 3.8) is 0 Å². The Hall–Kier alpha value is -2.54. The second-order valence-electron chi connectivity index (χ2n) is 4.60. The average molecular weight is 273 g/mol. The number of aromatic nitrogens is 2. The lowest BCUT2D eigenvalue weighted by Gasteiger charge is -2.09. The van der Waals surface area contributed by atoms with E-state index in [-0.39, 0.29) is 11.6 Å². The van der Waals surface area contributed by atoms with E-state index < -0.39 is 4.92 Å². The van der Waals surface area contributed by atoms with Crippen molar-refractivity contribution in [3.8, 4) is 11.4 Å². The van der Waals surface area contributed by atoms with Gasteiger partial charge in [0, 0.05) is 29.5 Å². The van der Waals surface area contributed by atoms with E-state index in [4.69, 9.17) is 5.84 Å². The molecule has 0 radical (unpaired) electrons. The van der Waals surface area contributed by atoms with Crippen molar-refractivity contribution < 1.29 is 4.92 Å². The van der Waals surface area contributed by atoms with Crippen molar-refractivity contribution in [1.29, 1.82) is 0 Å². The van der Waals surface area contributed by atoms with Gasteiger partial charge in [0.15, 0.2) is 5.82 Å². The third-order valence-corrected chi connectivity index (χ3v) is 2.82. The number of nitrogens with two attached hydrogens (primary N) is 1. The SMILES string of the molecule is CC(C)c1cc(NN)nc(-c2ccc([N+](=O)[O-])cc2)n1. The van der Waals surface area contributed by atoms with Crippen molar-refractivity contribution in [3.05, 3.63) is 46.1 Å². The van der Waals surface area contributed by atoms with Gasteiger partial charge in [0.05, 0.1) is 4.92 Å². The molecule has 0 aliphatic carbocycles. The van der Waals surface area contributed by atoms with E-state index in [0.717, 1.165) is 5.69 Å². The van der Waals surface area contributed by atoms with Crippen LogP contribution in [-0.4, -0.2) is 14.9 Å². The number of benzene rings is 1. The average Bonchev–Trinajstić information content (AvgIpc) is 2.46. The van der Waals surface area contributed by atoms with Crippen LogP contribution in [0.25, 0.3) is 11.4 Å². The summed E-state index contributed by atoms with van der Waals surface area (Å²) in [7, 11) is 0. The summed E-state index contributed by atoms with van der Waals surface area (Å²) in [5, 5.41) is 10.6. The zero-order valence-electron chi connectivity index (χ0n) is 11.2. The molecular formula is C13H15N5O2. The minimum Gasteiger partial charge on any atom is -0.308 e. The van der Waals surface area contributed by atoms with Gasteiger partial charge in [0.1, 0.15) is 5.82 Å². The van der Waals surface area contributed by atoms with Crippen molar-refractivity contribution >= 4 is 11.5 Å². The maximum Gasteiger partial charge on any atom is 0.269 e. The Kier molecular flexibility index (Phi) is 3.90. The Bertz CT molecular complexity index is 625. The Morgan fingerprint density at radius 2 is 1.90 bits per heavy atom. The fourth-order valence-corrected chi connectivity index (χ4v) is 1.70. The molecule has 0 amide bonds. The molecule has 0 atom stereocenters. The third-order valence-electron chi connectivity index (χ3n) is 2.82. The highest BCUT2D eigenvalue weighted by molar-refractivity contribution is 5.59. The number of non-ortho nitro benzene ring substituents is 1. The van der Waals surface area contributed by atoms with E-state index in [9.17, 15) is 10.1 Å². The second-order valence-corrected chi connectivity index (χ2v) is 4.60. The summed E-state index contributed by atoms with van der Waals surface area (Å²) in [6.45, 7) is 4.03. The van der Waals surface area contributed by atoms with E-state index in [2.05, 4.69) is 15.4 Å². The number of nitro groups is 1. The lowest BCUT2D eigenvalue weighted by molar-refractivity contribution is -0.384. The number of nitrogens with zero attached hydrogens (tertiary/aromatic N) is 3. The summed E-state index contributed by atoms with van der Waals surface area (Å²) in [4.78, 5) is 18.9. The molecule has 0 unspecified atom stereocenters. The maximum absolute atomic E-state index is 10.6.